The van der Waals surface area contributed by atoms with Crippen LogP contribution in [-0.2, 0) is 10.3 Å². The molecular formula is C12H12N4O2. The number of pyridine rings is 1. The second kappa shape index (κ2) is 3.90. The number of rotatable bonds is 3. The number of carboxylic acids is 1. The Balaban J connectivity index is 2.10. The van der Waals surface area contributed by atoms with Crippen LogP contribution >= 0.6 is 0 Å². The first-order chi connectivity index (χ1) is 8.74. The van der Waals surface area contributed by atoms with Crippen LogP contribution in [0.4, 0.5) is 0 Å². The first kappa shape index (κ1) is 10.9. The maximum absolute atomic E-state index is 11.5. The number of hydrogen-bond donors (Lipinski definition) is 1. The second-order valence-corrected chi connectivity index (χ2v) is 4.43. The molecule has 0 spiro atoms. The number of nitrogens with zero attached hydrogens (tertiary/aromatic N) is 4. The van der Waals surface area contributed by atoms with E-state index in [1.807, 2.05) is 6.07 Å². The Morgan fingerprint density at radius 1 is 1.39 bits per heavy atom. The van der Waals surface area contributed by atoms with Gasteiger partial charge in [0.2, 0.25) is 0 Å². The lowest BCUT2D eigenvalue weighted by atomic mass is 9.76. The fourth-order valence-electron chi connectivity index (χ4n) is 2.29. The van der Waals surface area contributed by atoms with Gasteiger partial charge in [0.1, 0.15) is 17.6 Å². The summed E-state index contributed by atoms with van der Waals surface area (Å²) in [6, 6.07) is 5.45. The highest BCUT2D eigenvalue weighted by atomic mass is 16.4. The first-order valence-electron chi connectivity index (χ1n) is 5.79. The van der Waals surface area contributed by atoms with E-state index in [0.29, 0.717) is 24.4 Å². The average molecular weight is 244 g/mol. The van der Waals surface area contributed by atoms with Crippen molar-refractivity contribution in [3.8, 4) is 11.5 Å². The SMILES string of the molecule is O=C(O)C1(n2cnnc2-c2ccccn2)CCC1. The van der Waals surface area contributed by atoms with Gasteiger partial charge in [-0.3, -0.25) is 9.55 Å². The third-order valence-electron chi connectivity index (χ3n) is 3.48. The van der Waals surface area contributed by atoms with E-state index < -0.39 is 11.5 Å². The Kier molecular flexibility index (Phi) is 2.36. The second-order valence-electron chi connectivity index (χ2n) is 4.43. The van der Waals surface area contributed by atoms with Crippen LogP contribution in [0.25, 0.3) is 11.5 Å². The van der Waals surface area contributed by atoms with E-state index in [1.54, 1.807) is 22.9 Å². The van der Waals surface area contributed by atoms with E-state index in [0.717, 1.165) is 6.42 Å². The summed E-state index contributed by atoms with van der Waals surface area (Å²) in [7, 11) is 0. The lowest BCUT2D eigenvalue weighted by Gasteiger charge is -2.39. The van der Waals surface area contributed by atoms with E-state index in [1.165, 1.54) is 6.33 Å². The summed E-state index contributed by atoms with van der Waals surface area (Å²) in [5.41, 5.74) is -0.251. The molecule has 0 atom stereocenters. The standard InChI is InChI=1S/C12H12N4O2/c17-11(18)12(5-3-6-12)16-8-14-15-10(16)9-4-1-2-7-13-9/h1-2,4,7-8H,3,5-6H2,(H,17,18). The van der Waals surface area contributed by atoms with Crippen molar-refractivity contribution in [2.45, 2.75) is 24.8 Å². The van der Waals surface area contributed by atoms with Gasteiger partial charge in [-0.15, -0.1) is 10.2 Å². The highest BCUT2D eigenvalue weighted by Crippen LogP contribution is 2.41. The summed E-state index contributed by atoms with van der Waals surface area (Å²) < 4.78 is 1.64. The van der Waals surface area contributed by atoms with Gasteiger partial charge in [0.15, 0.2) is 5.82 Å². The number of aromatic nitrogens is 4. The minimum Gasteiger partial charge on any atom is -0.479 e. The molecule has 2 aromatic rings. The summed E-state index contributed by atoms with van der Waals surface area (Å²) >= 11 is 0. The predicted octanol–water partition coefficient (Wildman–Crippen LogP) is 1.30. The molecule has 0 aliphatic heterocycles. The quantitative estimate of drug-likeness (QED) is 0.880. The van der Waals surface area contributed by atoms with Crippen LogP contribution in [0, 0.1) is 0 Å². The summed E-state index contributed by atoms with van der Waals surface area (Å²) in [4.78, 5) is 15.7. The fourth-order valence-corrected chi connectivity index (χ4v) is 2.29. The molecule has 1 aliphatic rings. The van der Waals surface area contributed by atoms with Gasteiger partial charge in [-0.05, 0) is 31.4 Å². The third kappa shape index (κ3) is 1.42. The van der Waals surface area contributed by atoms with Crippen LogP contribution < -0.4 is 0 Å². The smallest absolute Gasteiger partial charge is 0.329 e. The van der Waals surface area contributed by atoms with E-state index in [9.17, 15) is 9.90 Å². The van der Waals surface area contributed by atoms with Gasteiger partial charge in [-0.2, -0.15) is 0 Å². The molecule has 6 nitrogen and oxygen atoms in total. The minimum absolute atomic E-state index is 0.512. The molecule has 0 amide bonds. The molecule has 6 heteroatoms. The largest absolute Gasteiger partial charge is 0.479 e. The Labute approximate surface area is 103 Å². The Morgan fingerprint density at radius 2 is 2.22 bits per heavy atom. The highest BCUT2D eigenvalue weighted by molar-refractivity contribution is 5.78. The number of carbonyl (C=O) groups is 1. The molecule has 1 aliphatic carbocycles. The van der Waals surface area contributed by atoms with Crippen molar-refractivity contribution in [2.24, 2.45) is 0 Å². The van der Waals surface area contributed by atoms with E-state index in [-0.39, 0.29) is 0 Å². The molecule has 18 heavy (non-hydrogen) atoms. The van der Waals surface area contributed by atoms with Crippen LogP contribution in [0.15, 0.2) is 30.7 Å². The summed E-state index contributed by atoms with van der Waals surface area (Å²) in [6.07, 6.45) is 5.27. The lowest BCUT2D eigenvalue weighted by Crippen LogP contribution is -2.47. The zero-order valence-electron chi connectivity index (χ0n) is 9.65. The summed E-state index contributed by atoms with van der Waals surface area (Å²) in [5.74, 6) is -0.316. The van der Waals surface area contributed by atoms with Crippen LogP contribution in [0.3, 0.4) is 0 Å². The molecule has 0 unspecified atom stereocenters. The fraction of sp³-hybridized carbons (Fsp3) is 0.333. The first-order valence-corrected chi connectivity index (χ1v) is 5.79. The van der Waals surface area contributed by atoms with E-state index in [4.69, 9.17) is 0 Å². The molecule has 0 aromatic carbocycles. The Bertz CT molecular complexity index is 575. The Hall–Kier alpha value is -2.24. The molecule has 0 saturated heterocycles. The third-order valence-corrected chi connectivity index (χ3v) is 3.48. The lowest BCUT2D eigenvalue weighted by molar-refractivity contribution is -0.152. The molecular weight excluding hydrogens is 232 g/mol. The topological polar surface area (TPSA) is 80.9 Å². The molecule has 1 N–H and O–H groups in total. The van der Waals surface area contributed by atoms with Crippen LogP contribution in [0.1, 0.15) is 19.3 Å². The number of aliphatic carboxylic acids is 1. The van der Waals surface area contributed by atoms with Gasteiger partial charge in [-0.25, -0.2) is 4.79 Å². The van der Waals surface area contributed by atoms with E-state index >= 15 is 0 Å². The van der Waals surface area contributed by atoms with Crippen LogP contribution in [0.2, 0.25) is 0 Å². The van der Waals surface area contributed by atoms with Crippen LogP contribution in [0.5, 0.6) is 0 Å². The molecule has 92 valence electrons. The maximum Gasteiger partial charge on any atom is 0.329 e. The van der Waals surface area contributed by atoms with Crippen molar-refractivity contribution < 1.29 is 9.90 Å². The van der Waals surface area contributed by atoms with Crippen molar-refractivity contribution >= 4 is 5.97 Å². The van der Waals surface area contributed by atoms with Crippen LogP contribution in [-0.4, -0.2) is 30.8 Å². The zero-order valence-corrected chi connectivity index (χ0v) is 9.65. The molecule has 2 heterocycles. The monoisotopic (exact) mass is 244 g/mol. The normalized spacial score (nSPS) is 17.1. The number of carboxylic acid groups (broad SMARTS) is 1. The average Bonchev–Trinajstić information content (AvgIpc) is 2.77. The molecule has 0 bridgehead atoms. The van der Waals surface area contributed by atoms with Crippen molar-refractivity contribution in [1.82, 2.24) is 19.7 Å². The van der Waals surface area contributed by atoms with Crippen molar-refractivity contribution in [1.29, 1.82) is 0 Å². The van der Waals surface area contributed by atoms with Gasteiger partial charge in [0.05, 0.1) is 0 Å². The van der Waals surface area contributed by atoms with Crippen molar-refractivity contribution in [2.75, 3.05) is 0 Å². The Morgan fingerprint density at radius 3 is 2.78 bits per heavy atom. The summed E-state index contributed by atoms with van der Waals surface area (Å²) in [6.45, 7) is 0. The van der Waals surface area contributed by atoms with Gasteiger partial charge >= 0.3 is 5.97 Å². The highest BCUT2D eigenvalue weighted by Gasteiger charge is 2.47. The molecule has 2 aromatic heterocycles. The minimum atomic E-state index is -0.893. The van der Waals surface area contributed by atoms with Gasteiger partial charge in [0, 0.05) is 6.20 Å². The maximum atomic E-state index is 11.5. The molecule has 1 fully saturated rings. The number of hydrogen-bond acceptors (Lipinski definition) is 4. The predicted molar refractivity (Wildman–Crippen MR) is 62.7 cm³/mol. The molecule has 0 radical (unpaired) electrons. The molecule has 1 saturated carbocycles. The van der Waals surface area contributed by atoms with Crippen molar-refractivity contribution in [3.05, 3.63) is 30.7 Å². The van der Waals surface area contributed by atoms with Gasteiger partial charge in [0.25, 0.3) is 0 Å². The zero-order chi connectivity index (χ0) is 12.6. The van der Waals surface area contributed by atoms with Gasteiger partial charge in [-0.1, -0.05) is 6.07 Å². The van der Waals surface area contributed by atoms with Gasteiger partial charge < -0.3 is 5.11 Å². The molecule has 3 rings (SSSR count). The summed E-state index contributed by atoms with van der Waals surface area (Å²) in [5, 5.41) is 17.3. The van der Waals surface area contributed by atoms with Crippen molar-refractivity contribution in [3.63, 3.8) is 0 Å². The van der Waals surface area contributed by atoms with E-state index in [2.05, 4.69) is 15.2 Å².